The molecule has 2 N–H and O–H groups in total. The van der Waals surface area contributed by atoms with Gasteiger partial charge in [0.1, 0.15) is 4.88 Å². The van der Waals surface area contributed by atoms with Gasteiger partial charge >= 0.3 is 5.97 Å². The van der Waals surface area contributed by atoms with E-state index in [1.54, 1.807) is 6.07 Å². The van der Waals surface area contributed by atoms with Crippen LogP contribution in [0.2, 0.25) is 0 Å². The summed E-state index contributed by atoms with van der Waals surface area (Å²) >= 11 is 1.37. The Morgan fingerprint density at radius 2 is 2.11 bits per heavy atom. The molecule has 1 heterocycles. The Balaban J connectivity index is 1.78. The highest BCUT2D eigenvalue weighted by Gasteiger charge is 2.18. The first-order chi connectivity index (χ1) is 9.06. The Morgan fingerprint density at radius 1 is 1.42 bits per heavy atom. The Morgan fingerprint density at radius 3 is 2.68 bits per heavy atom. The van der Waals surface area contributed by atoms with Crippen LogP contribution in [0.3, 0.4) is 0 Å². The van der Waals surface area contributed by atoms with Gasteiger partial charge in [-0.25, -0.2) is 4.79 Å². The molecule has 0 aliphatic heterocycles. The van der Waals surface area contributed by atoms with Crippen molar-refractivity contribution in [1.29, 1.82) is 0 Å². The molecule has 3 nitrogen and oxygen atoms in total. The molecule has 1 aromatic rings. The third-order valence-corrected chi connectivity index (χ3v) is 5.20. The molecule has 19 heavy (non-hydrogen) atoms. The smallest absolute Gasteiger partial charge is 0.345 e. The number of carbonyl (C=O) groups is 1. The Hall–Kier alpha value is -0.870. The quantitative estimate of drug-likeness (QED) is 0.865. The Kier molecular flexibility index (Phi) is 4.99. The summed E-state index contributed by atoms with van der Waals surface area (Å²) in [6.07, 6.45) is 5.37. The van der Waals surface area contributed by atoms with Crippen LogP contribution in [0.1, 0.15) is 52.7 Å². The third kappa shape index (κ3) is 4.05. The summed E-state index contributed by atoms with van der Waals surface area (Å²) in [5.41, 5.74) is 1.13. The van der Waals surface area contributed by atoms with Crippen LogP contribution in [0.5, 0.6) is 0 Å². The molecule has 4 heteroatoms. The molecule has 2 rings (SSSR count). The van der Waals surface area contributed by atoms with Crippen LogP contribution in [0.4, 0.5) is 0 Å². The van der Waals surface area contributed by atoms with E-state index < -0.39 is 5.97 Å². The van der Waals surface area contributed by atoms with Gasteiger partial charge in [-0.05, 0) is 49.8 Å². The van der Waals surface area contributed by atoms with Gasteiger partial charge in [-0.3, -0.25) is 0 Å². The minimum atomic E-state index is -0.819. The number of nitrogens with one attached hydrogen (secondary N) is 1. The number of hydrogen-bond acceptors (Lipinski definition) is 3. The molecule has 0 saturated heterocycles. The van der Waals surface area contributed by atoms with E-state index in [0.717, 1.165) is 35.4 Å². The van der Waals surface area contributed by atoms with Crippen molar-refractivity contribution in [3.8, 4) is 0 Å². The lowest BCUT2D eigenvalue weighted by Crippen LogP contribution is -2.25. The zero-order chi connectivity index (χ0) is 13.8. The predicted molar refractivity (Wildman–Crippen MR) is 78.8 cm³/mol. The molecular weight excluding hydrogens is 258 g/mol. The Labute approximate surface area is 119 Å². The summed E-state index contributed by atoms with van der Waals surface area (Å²) in [6.45, 7) is 6.19. The average Bonchev–Trinajstić information content (AvgIpc) is 2.74. The molecule has 0 unspecified atom stereocenters. The van der Waals surface area contributed by atoms with E-state index in [-0.39, 0.29) is 0 Å². The van der Waals surface area contributed by atoms with E-state index in [1.165, 1.54) is 37.0 Å². The first kappa shape index (κ1) is 14.5. The van der Waals surface area contributed by atoms with Gasteiger partial charge in [0.15, 0.2) is 0 Å². The molecule has 106 valence electrons. The largest absolute Gasteiger partial charge is 0.477 e. The second-order valence-corrected chi connectivity index (χ2v) is 7.01. The lowest BCUT2D eigenvalue weighted by molar-refractivity contribution is 0.0702. The van der Waals surface area contributed by atoms with Crippen LogP contribution < -0.4 is 5.32 Å². The Bertz CT molecular complexity index is 433. The van der Waals surface area contributed by atoms with Crippen LogP contribution in [0.25, 0.3) is 0 Å². The highest BCUT2D eigenvalue weighted by molar-refractivity contribution is 7.14. The van der Waals surface area contributed by atoms with Gasteiger partial charge in [-0.2, -0.15) is 0 Å². The third-order valence-electron chi connectivity index (χ3n) is 4.12. The van der Waals surface area contributed by atoms with Crippen molar-refractivity contribution >= 4 is 17.3 Å². The van der Waals surface area contributed by atoms with Gasteiger partial charge in [0.25, 0.3) is 0 Å². The van der Waals surface area contributed by atoms with Crippen molar-refractivity contribution in [3.05, 3.63) is 21.4 Å². The van der Waals surface area contributed by atoms with Crippen LogP contribution >= 0.6 is 11.3 Å². The minimum absolute atomic E-state index is 0.445. The number of aromatic carboxylic acids is 1. The monoisotopic (exact) mass is 281 g/mol. The molecule has 0 radical (unpaired) electrons. The van der Waals surface area contributed by atoms with Crippen molar-refractivity contribution in [3.63, 3.8) is 0 Å². The van der Waals surface area contributed by atoms with Crippen molar-refractivity contribution in [2.24, 2.45) is 11.8 Å². The molecule has 1 aliphatic carbocycles. The van der Waals surface area contributed by atoms with Gasteiger partial charge in [-0.1, -0.05) is 19.8 Å². The van der Waals surface area contributed by atoms with Crippen molar-refractivity contribution in [2.45, 2.75) is 46.1 Å². The fourth-order valence-electron chi connectivity index (χ4n) is 2.74. The van der Waals surface area contributed by atoms with Gasteiger partial charge in [0, 0.05) is 11.4 Å². The molecule has 1 aliphatic rings. The highest BCUT2D eigenvalue weighted by atomic mass is 32.1. The van der Waals surface area contributed by atoms with Crippen LogP contribution in [-0.4, -0.2) is 17.6 Å². The van der Waals surface area contributed by atoms with Gasteiger partial charge < -0.3 is 10.4 Å². The molecule has 1 aromatic heterocycles. The maximum Gasteiger partial charge on any atom is 0.345 e. The second-order valence-electron chi connectivity index (χ2n) is 5.75. The number of thiophene rings is 1. The summed E-state index contributed by atoms with van der Waals surface area (Å²) in [4.78, 5) is 12.5. The fraction of sp³-hybridized carbons (Fsp3) is 0.667. The first-order valence-corrected chi connectivity index (χ1v) is 7.91. The number of hydrogen-bond donors (Lipinski definition) is 2. The molecule has 0 bridgehead atoms. The number of rotatable bonds is 5. The summed E-state index contributed by atoms with van der Waals surface area (Å²) in [6, 6.07) is 1.80. The van der Waals surface area contributed by atoms with Crippen molar-refractivity contribution < 1.29 is 9.90 Å². The number of carboxylic acid groups (broad SMARTS) is 1. The zero-order valence-corrected chi connectivity index (χ0v) is 12.6. The number of carboxylic acids is 1. The van der Waals surface area contributed by atoms with Gasteiger partial charge in [0.05, 0.1) is 0 Å². The van der Waals surface area contributed by atoms with E-state index in [9.17, 15) is 4.79 Å². The summed E-state index contributed by atoms with van der Waals surface area (Å²) in [7, 11) is 0. The first-order valence-electron chi connectivity index (χ1n) is 7.09. The van der Waals surface area contributed by atoms with Crippen LogP contribution in [-0.2, 0) is 6.54 Å². The van der Waals surface area contributed by atoms with Crippen molar-refractivity contribution in [1.82, 2.24) is 5.32 Å². The molecule has 0 spiro atoms. The molecular formula is C15H23NO2S. The highest BCUT2D eigenvalue weighted by Crippen LogP contribution is 2.28. The van der Waals surface area contributed by atoms with Gasteiger partial charge in [0.2, 0.25) is 0 Å². The van der Waals surface area contributed by atoms with Gasteiger partial charge in [-0.15, -0.1) is 11.3 Å². The molecule has 0 aromatic carbocycles. The van der Waals surface area contributed by atoms with Crippen LogP contribution in [0, 0.1) is 18.8 Å². The summed E-state index contributed by atoms with van der Waals surface area (Å²) in [5, 5.41) is 12.5. The molecule has 0 amide bonds. The lowest BCUT2D eigenvalue weighted by atomic mass is 9.83. The zero-order valence-electron chi connectivity index (χ0n) is 11.7. The fourth-order valence-corrected chi connectivity index (χ4v) is 3.63. The standard InChI is InChI=1S/C15H23NO2S/c1-10-3-5-12(6-4-10)8-16-9-13-7-14(15(17)18)19-11(13)2/h7,10,12,16H,3-6,8-9H2,1-2H3,(H,17,18). The predicted octanol–water partition coefficient (Wildman–Crippen LogP) is 3.67. The van der Waals surface area contributed by atoms with E-state index in [4.69, 9.17) is 5.11 Å². The number of aryl methyl sites for hydroxylation is 1. The second kappa shape index (κ2) is 6.53. The summed E-state index contributed by atoms with van der Waals surface area (Å²) < 4.78 is 0. The molecule has 0 atom stereocenters. The van der Waals surface area contributed by atoms with E-state index in [0.29, 0.717) is 4.88 Å². The van der Waals surface area contributed by atoms with E-state index in [2.05, 4.69) is 12.2 Å². The molecule has 1 saturated carbocycles. The van der Waals surface area contributed by atoms with E-state index in [1.807, 2.05) is 6.92 Å². The maximum atomic E-state index is 10.9. The minimum Gasteiger partial charge on any atom is -0.477 e. The average molecular weight is 281 g/mol. The van der Waals surface area contributed by atoms with Crippen LogP contribution in [0.15, 0.2) is 6.07 Å². The normalized spacial score (nSPS) is 23.5. The molecule has 1 fully saturated rings. The summed E-state index contributed by atoms with van der Waals surface area (Å²) in [5.74, 6) is 0.878. The lowest BCUT2D eigenvalue weighted by Gasteiger charge is -2.26. The van der Waals surface area contributed by atoms with E-state index >= 15 is 0 Å². The SMILES string of the molecule is Cc1sc(C(=O)O)cc1CNCC1CCC(C)CC1. The maximum absolute atomic E-state index is 10.9. The van der Waals surface area contributed by atoms with Crippen molar-refractivity contribution in [2.75, 3.05) is 6.54 Å². The topological polar surface area (TPSA) is 49.3 Å².